The van der Waals surface area contributed by atoms with Crippen LogP contribution in [0.2, 0.25) is 0 Å². The van der Waals surface area contributed by atoms with E-state index in [0.717, 1.165) is 52.5 Å². The molecule has 0 aliphatic carbocycles. The Morgan fingerprint density at radius 3 is 1.98 bits per heavy atom. The van der Waals surface area contributed by atoms with Gasteiger partial charge in [0.1, 0.15) is 0 Å². The Balaban J connectivity index is 1.64. The van der Waals surface area contributed by atoms with E-state index in [4.69, 9.17) is 9.73 Å². The summed E-state index contributed by atoms with van der Waals surface area (Å²) in [5.41, 5.74) is 8.78. The minimum Gasteiger partial charge on any atom is -0.462 e. The number of carbonyl (C=O) groups excluding carboxylic acids is 1. The minimum absolute atomic E-state index is 0.321. The van der Waals surface area contributed by atoms with Crippen molar-refractivity contribution >= 4 is 23.6 Å². The molecule has 0 amide bonds. The third kappa shape index (κ3) is 6.15. The topological polar surface area (TPSA) is 46.8 Å². The van der Waals surface area contributed by atoms with E-state index >= 15 is 0 Å². The molecule has 0 aliphatic rings. The number of anilines is 1. The third-order valence-corrected chi connectivity index (χ3v) is 7.11. The van der Waals surface area contributed by atoms with Gasteiger partial charge in [0.25, 0.3) is 0 Å². The summed E-state index contributed by atoms with van der Waals surface area (Å²) in [6.45, 7) is 8.43. The maximum Gasteiger partial charge on any atom is 0.338 e. The summed E-state index contributed by atoms with van der Waals surface area (Å²) in [5, 5.41) is 0. The molecule has 1 heterocycles. The van der Waals surface area contributed by atoms with Gasteiger partial charge in [-0.3, -0.25) is 4.99 Å². The summed E-state index contributed by atoms with van der Waals surface area (Å²) < 4.78 is 7.45. The van der Waals surface area contributed by atoms with Crippen LogP contribution in [-0.4, -0.2) is 36.4 Å². The van der Waals surface area contributed by atoms with E-state index in [9.17, 15) is 4.79 Å². The molecule has 5 aromatic rings. The van der Waals surface area contributed by atoms with Gasteiger partial charge in [0.05, 0.1) is 29.2 Å². The largest absolute Gasteiger partial charge is 0.462 e. The predicted octanol–water partition coefficient (Wildman–Crippen LogP) is 8.58. The monoisotopic (exact) mass is 541 g/mol. The van der Waals surface area contributed by atoms with Gasteiger partial charge in [0.15, 0.2) is 0 Å². The van der Waals surface area contributed by atoms with Gasteiger partial charge in [0, 0.05) is 36.2 Å². The molecule has 41 heavy (non-hydrogen) atoms. The first-order valence-corrected chi connectivity index (χ1v) is 14.2. The molecule has 0 aliphatic heterocycles. The molecular weight excluding hydrogens is 506 g/mol. The van der Waals surface area contributed by atoms with E-state index in [1.807, 2.05) is 73.8 Å². The van der Waals surface area contributed by atoms with Gasteiger partial charge in [-0.25, -0.2) is 4.79 Å². The molecule has 5 heteroatoms. The second-order valence-corrected chi connectivity index (χ2v) is 9.62. The molecule has 1 aromatic heterocycles. The van der Waals surface area contributed by atoms with Crippen LogP contribution < -0.4 is 4.90 Å². The van der Waals surface area contributed by atoms with Crippen LogP contribution in [0.15, 0.2) is 120 Å². The van der Waals surface area contributed by atoms with Crippen molar-refractivity contribution in [1.82, 2.24) is 4.57 Å². The fraction of sp³-hybridized carbons (Fsp3) is 0.167. The molecule has 0 N–H and O–H groups in total. The Labute approximate surface area is 242 Å². The van der Waals surface area contributed by atoms with E-state index < -0.39 is 0 Å². The van der Waals surface area contributed by atoms with Crippen molar-refractivity contribution in [1.29, 1.82) is 0 Å². The predicted molar refractivity (Wildman–Crippen MR) is 170 cm³/mol. The van der Waals surface area contributed by atoms with Crippen molar-refractivity contribution in [2.45, 2.75) is 20.8 Å². The van der Waals surface area contributed by atoms with Crippen molar-refractivity contribution in [2.75, 3.05) is 24.6 Å². The van der Waals surface area contributed by atoms with Gasteiger partial charge >= 0.3 is 5.97 Å². The Hall–Kier alpha value is -4.90. The van der Waals surface area contributed by atoms with Crippen LogP contribution in [0, 0.1) is 0 Å². The average molecular weight is 542 g/mol. The molecule has 0 bridgehead atoms. The standard InChI is InChI=1S/C36H35N3O2/c1-4-38(5-2)32-23-19-31(20-24-32)37-26-30-25-34(27-13-9-7-10-14-27)39(35(30)28-15-11-8-12-16-28)33-21-17-29(18-22-33)36(40)41-6-3/h7-26H,4-6H2,1-3H3. The third-order valence-electron chi connectivity index (χ3n) is 7.11. The summed E-state index contributed by atoms with van der Waals surface area (Å²) >= 11 is 0. The van der Waals surface area contributed by atoms with Crippen LogP contribution in [0.5, 0.6) is 0 Å². The molecule has 0 atom stereocenters. The van der Waals surface area contributed by atoms with Crippen LogP contribution >= 0.6 is 0 Å². The van der Waals surface area contributed by atoms with E-state index in [2.05, 4.69) is 77.9 Å². The number of aromatic nitrogens is 1. The number of aliphatic imine (C=N–C) groups is 1. The summed E-state index contributed by atoms with van der Waals surface area (Å²) in [6, 6.07) is 38.8. The molecule has 0 radical (unpaired) electrons. The normalized spacial score (nSPS) is 11.1. The number of benzene rings is 4. The van der Waals surface area contributed by atoms with Gasteiger partial charge in [-0.2, -0.15) is 0 Å². The number of hydrogen-bond donors (Lipinski definition) is 0. The molecule has 5 nitrogen and oxygen atoms in total. The van der Waals surface area contributed by atoms with Crippen molar-refractivity contribution < 1.29 is 9.53 Å². The Kier molecular flexibility index (Phi) is 8.75. The molecule has 0 fully saturated rings. The number of carbonyl (C=O) groups is 1. The van der Waals surface area contributed by atoms with Crippen molar-refractivity contribution in [3.8, 4) is 28.2 Å². The van der Waals surface area contributed by atoms with Gasteiger partial charge < -0.3 is 14.2 Å². The van der Waals surface area contributed by atoms with Gasteiger partial charge in [-0.05, 0) is 86.5 Å². The first-order valence-electron chi connectivity index (χ1n) is 14.2. The minimum atomic E-state index is -0.321. The Morgan fingerprint density at radius 2 is 1.39 bits per heavy atom. The van der Waals surface area contributed by atoms with Gasteiger partial charge in [0.2, 0.25) is 0 Å². The number of nitrogens with zero attached hydrogens (tertiary/aromatic N) is 3. The van der Waals surface area contributed by atoms with E-state index in [0.29, 0.717) is 12.2 Å². The van der Waals surface area contributed by atoms with E-state index in [-0.39, 0.29) is 5.97 Å². The summed E-state index contributed by atoms with van der Waals surface area (Å²) in [4.78, 5) is 19.6. The lowest BCUT2D eigenvalue weighted by molar-refractivity contribution is 0.0526. The van der Waals surface area contributed by atoms with Crippen molar-refractivity contribution in [2.24, 2.45) is 4.99 Å². The van der Waals surface area contributed by atoms with Crippen LogP contribution in [0.1, 0.15) is 36.7 Å². The molecular formula is C36H35N3O2. The highest BCUT2D eigenvalue weighted by Gasteiger charge is 2.19. The lowest BCUT2D eigenvalue weighted by Crippen LogP contribution is -2.21. The molecule has 0 saturated heterocycles. The lowest BCUT2D eigenvalue weighted by Gasteiger charge is -2.20. The van der Waals surface area contributed by atoms with Crippen LogP contribution in [0.25, 0.3) is 28.2 Å². The summed E-state index contributed by atoms with van der Waals surface area (Å²) in [7, 11) is 0. The first kappa shape index (κ1) is 27.7. The SMILES string of the molecule is CCOC(=O)c1ccc(-n2c(-c3ccccc3)cc(C=Nc3ccc(N(CC)CC)cc3)c2-c2ccccc2)cc1. The lowest BCUT2D eigenvalue weighted by atomic mass is 10.1. The fourth-order valence-corrected chi connectivity index (χ4v) is 5.05. The highest BCUT2D eigenvalue weighted by atomic mass is 16.5. The second kappa shape index (κ2) is 13.0. The first-order chi connectivity index (χ1) is 20.1. The van der Waals surface area contributed by atoms with E-state index in [1.54, 1.807) is 0 Å². The van der Waals surface area contributed by atoms with Crippen molar-refractivity contribution in [3.63, 3.8) is 0 Å². The van der Waals surface area contributed by atoms with Crippen LogP contribution in [0.4, 0.5) is 11.4 Å². The summed E-state index contributed by atoms with van der Waals surface area (Å²) in [6.07, 6.45) is 1.95. The second-order valence-electron chi connectivity index (χ2n) is 9.62. The van der Waals surface area contributed by atoms with Crippen LogP contribution in [0.3, 0.4) is 0 Å². The zero-order chi connectivity index (χ0) is 28.6. The number of hydrogen-bond acceptors (Lipinski definition) is 4. The fourth-order valence-electron chi connectivity index (χ4n) is 5.05. The van der Waals surface area contributed by atoms with Crippen molar-refractivity contribution in [3.05, 3.63) is 126 Å². The molecule has 4 aromatic carbocycles. The summed E-state index contributed by atoms with van der Waals surface area (Å²) in [5.74, 6) is -0.321. The zero-order valence-electron chi connectivity index (χ0n) is 23.8. The highest BCUT2D eigenvalue weighted by Crippen LogP contribution is 2.36. The van der Waals surface area contributed by atoms with E-state index in [1.165, 1.54) is 5.69 Å². The molecule has 0 unspecified atom stereocenters. The maximum atomic E-state index is 12.3. The molecule has 0 saturated carbocycles. The number of rotatable bonds is 10. The number of esters is 1. The number of ether oxygens (including phenoxy) is 1. The molecule has 5 rings (SSSR count). The highest BCUT2D eigenvalue weighted by molar-refractivity contribution is 5.95. The quantitative estimate of drug-likeness (QED) is 0.131. The smallest absolute Gasteiger partial charge is 0.338 e. The van der Waals surface area contributed by atoms with Gasteiger partial charge in [-0.1, -0.05) is 60.7 Å². The van der Waals surface area contributed by atoms with Gasteiger partial charge in [-0.15, -0.1) is 0 Å². The Bertz CT molecular complexity index is 1600. The average Bonchev–Trinajstić information content (AvgIpc) is 3.42. The molecule has 0 spiro atoms. The maximum absolute atomic E-state index is 12.3. The van der Waals surface area contributed by atoms with Crippen LogP contribution in [-0.2, 0) is 4.74 Å². The molecule has 206 valence electrons. The Morgan fingerprint density at radius 1 is 0.780 bits per heavy atom. The zero-order valence-corrected chi connectivity index (χ0v) is 23.8.